The Morgan fingerprint density at radius 3 is 2.54 bits per heavy atom. The number of amides is 1. The van der Waals surface area contributed by atoms with Gasteiger partial charge in [-0.1, -0.05) is 24.3 Å². The van der Waals surface area contributed by atoms with E-state index in [0.717, 1.165) is 18.2 Å². The van der Waals surface area contributed by atoms with Crippen LogP contribution >= 0.6 is 0 Å². The minimum Gasteiger partial charge on any atom is -0.505 e. The fourth-order valence-electron chi connectivity index (χ4n) is 1.98. The van der Waals surface area contributed by atoms with Crippen molar-refractivity contribution in [1.82, 2.24) is 5.48 Å². The Morgan fingerprint density at radius 2 is 1.92 bits per heavy atom. The number of rotatable bonds is 6. The predicted molar refractivity (Wildman–Crippen MR) is 83.0 cm³/mol. The van der Waals surface area contributed by atoms with E-state index >= 15 is 0 Å². The van der Waals surface area contributed by atoms with Gasteiger partial charge in [0.25, 0.3) is 5.91 Å². The minimum absolute atomic E-state index is 0.153. The molecule has 2 rings (SSSR count). The highest BCUT2D eigenvalue weighted by atomic mass is 19.1. The number of aliphatic hydroxyl groups is 1. The van der Waals surface area contributed by atoms with Gasteiger partial charge in [-0.15, -0.1) is 0 Å². The molecule has 0 aliphatic carbocycles. The molecule has 2 aromatic rings. The zero-order chi connectivity index (χ0) is 17.5. The quantitative estimate of drug-likeness (QED) is 0.368. The monoisotopic (exact) mass is 333 g/mol. The first-order chi connectivity index (χ1) is 11.5. The van der Waals surface area contributed by atoms with E-state index in [1.807, 2.05) is 0 Å². The molecule has 0 saturated carbocycles. The van der Waals surface area contributed by atoms with E-state index < -0.39 is 29.7 Å². The molecule has 0 bridgehead atoms. The van der Waals surface area contributed by atoms with Gasteiger partial charge in [-0.05, 0) is 35.9 Å². The number of aromatic hydroxyl groups is 1. The molecular weight excluding hydrogens is 317 g/mol. The molecule has 0 fully saturated rings. The Hall–Kier alpha value is -2.90. The van der Waals surface area contributed by atoms with Crippen LogP contribution in [0.2, 0.25) is 0 Å². The molecule has 0 aliphatic heterocycles. The second-order valence-corrected chi connectivity index (χ2v) is 4.89. The standard InChI is InChI=1S/C17H16FNO5/c18-13-10-11(6-7-14(13)20)17(22)15(8-9-16(21)19-23)24-12-4-2-1-3-5-12/h1-10,15,17,20,22-23H,(H,19,21)/b9-8+/t15-,17-/m1/s1. The molecule has 2 aromatic carbocycles. The second-order valence-electron chi connectivity index (χ2n) is 4.89. The van der Waals surface area contributed by atoms with Crippen LogP contribution in [0, 0.1) is 5.82 Å². The van der Waals surface area contributed by atoms with Crippen LogP contribution in [0.5, 0.6) is 11.5 Å². The van der Waals surface area contributed by atoms with Crippen molar-refractivity contribution in [2.24, 2.45) is 0 Å². The normalized spacial score (nSPS) is 13.5. The first-order valence-electron chi connectivity index (χ1n) is 7.01. The van der Waals surface area contributed by atoms with Crippen molar-refractivity contribution in [2.45, 2.75) is 12.2 Å². The lowest BCUT2D eigenvalue weighted by Gasteiger charge is -2.22. The summed E-state index contributed by atoms with van der Waals surface area (Å²) in [5.41, 5.74) is 1.58. The Kier molecular flexibility index (Phi) is 5.89. The molecule has 7 heteroatoms. The molecule has 1 amide bonds. The lowest BCUT2D eigenvalue weighted by molar-refractivity contribution is -0.124. The van der Waals surface area contributed by atoms with E-state index in [9.17, 15) is 19.4 Å². The molecule has 0 heterocycles. The molecule has 126 valence electrons. The van der Waals surface area contributed by atoms with E-state index in [2.05, 4.69) is 0 Å². The van der Waals surface area contributed by atoms with Gasteiger partial charge in [0, 0.05) is 6.08 Å². The molecule has 0 spiro atoms. The third-order valence-electron chi connectivity index (χ3n) is 3.19. The number of hydrogen-bond donors (Lipinski definition) is 4. The fraction of sp³-hybridized carbons (Fsp3) is 0.118. The first-order valence-corrected chi connectivity index (χ1v) is 7.01. The maximum absolute atomic E-state index is 13.5. The van der Waals surface area contributed by atoms with Crippen LogP contribution < -0.4 is 10.2 Å². The molecule has 2 atom stereocenters. The molecule has 0 aliphatic rings. The summed E-state index contributed by atoms with van der Waals surface area (Å²) < 4.78 is 19.1. The van der Waals surface area contributed by atoms with Gasteiger partial charge in [0.2, 0.25) is 0 Å². The number of halogens is 1. The van der Waals surface area contributed by atoms with E-state index in [1.54, 1.807) is 30.3 Å². The highest BCUT2D eigenvalue weighted by molar-refractivity contribution is 5.86. The SMILES string of the molecule is O=C(/C=C/[C@@H](Oc1ccccc1)[C@H](O)c1ccc(O)c(F)c1)NO. The van der Waals surface area contributed by atoms with Crippen LogP contribution in [0.3, 0.4) is 0 Å². The van der Waals surface area contributed by atoms with Crippen LogP contribution in [0.25, 0.3) is 0 Å². The smallest absolute Gasteiger partial charge is 0.267 e. The van der Waals surface area contributed by atoms with Crippen molar-refractivity contribution in [3.05, 3.63) is 72.1 Å². The van der Waals surface area contributed by atoms with E-state index in [4.69, 9.17) is 9.94 Å². The minimum atomic E-state index is -1.32. The summed E-state index contributed by atoms with van der Waals surface area (Å²) in [7, 11) is 0. The van der Waals surface area contributed by atoms with Gasteiger partial charge < -0.3 is 14.9 Å². The summed E-state index contributed by atoms with van der Waals surface area (Å²) >= 11 is 0. The van der Waals surface area contributed by atoms with Crippen LogP contribution in [0.15, 0.2) is 60.7 Å². The number of aliphatic hydroxyl groups excluding tert-OH is 1. The number of benzene rings is 2. The fourth-order valence-corrected chi connectivity index (χ4v) is 1.98. The van der Waals surface area contributed by atoms with Crippen molar-refractivity contribution in [3.63, 3.8) is 0 Å². The summed E-state index contributed by atoms with van der Waals surface area (Å²) in [6.07, 6.45) is -0.140. The maximum Gasteiger partial charge on any atom is 0.267 e. The molecule has 0 aromatic heterocycles. The second kappa shape index (κ2) is 8.09. The van der Waals surface area contributed by atoms with E-state index in [0.29, 0.717) is 5.75 Å². The van der Waals surface area contributed by atoms with Gasteiger partial charge in [-0.2, -0.15) is 0 Å². The van der Waals surface area contributed by atoms with Gasteiger partial charge >= 0.3 is 0 Å². The third-order valence-corrected chi connectivity index (χ3v) is 3.19. The van der Waals surface area contributed by atoms with Crippen LogP contribution in [0.1, 0.15) is 11.7 Å². The van der Waals surface area contributed by atoms with Crippen LogP contribution in [-0.4, -0.2) is 27.4 Å². The van der Waals surface area contributed by atoms with Gasteiger partial charge in [0.15, 0.2) is 11.6 Å². The number of phenolic OH excluding ortho intramolecular Hbond substituents is 1. The lowest BCUT2D eigenvalue weighted by atomic mass is 10.0. The van der Waals surface area contributed by atoms with Crippen molar-refractivity contribution < 1.29 is 29.3 Å². The third kappa shape index (κ3) is 4.55. The molecule has 0 radical (unpaired) electrons. The molecule has 24 heavy (non-hydrogen) atoms. The highest BCUT2D eigenvalue weighted by Crippen LogP contribution is 2.26. The summed E-state index contributed by atoms with van der Waals surface area (Å²) in [5, 5.41) is 28.2. The average Bonchev–Trinajstić information content (AvgIpc) is 2.60. The van der Waals surface area contributed by atoms with Crippen LogP contribution in [0.4, 0.5) is 4.39 Å². The Bertz CT molecular complexity index is 720. The van der Waals surface area contributed by atoms with Gasteiger partial charge in [0.1, 0.15) is 18.0 Å². The van der Waals surface area contributed by atoms with E-state index in [-0.39, 0.29) is 5.56 Å². The number of hydrogen-bond acceptors (Lipinski definition) is 5. The van der Waals surface area contributed by atoms with Gasteiger partial charge in [-0.3, -0.25) is 10.0 Å². The number of carbonyl (C=O) groups is 1. The van der Waals surface area contributed by atoms with Gasteiger partial charge in [0.05, 0.1) is 0 Å². The number of hydroxylamine groups is 1. The number of phenols is 1. The largest absolute Gasteiger partial charge is 0.505 e. The number of carbonyl (C=O) groups excluding carboxylic acids is 1. The first kappa shape index (κ1) is 17.5. The summed E-state index contributed by atoms with van der Waals surface area (Å²) in [4.78, 5) is 11.1. The number of nitrogens with one attached hydrogen (secondary N) is 1. The van der Waals surface area contributed by atoms with Gasteiger partial charge in [-0.25, -0.2) is 9.87 Å². The number of ether oxygens (including phenoxy) is 1. The average molecular weight is 333 g/mol. The zero-order valence-corrected chi connectivity index (χ0v) is 12.5. The Labute approximate surface area is 137 Å². The molecule has 0 unspecified atom stereocenters. The Balaban J connectivity index is 2.27. The highest BCUT2D eigenvalue weighted by Gasteiger charge is 2.22. The lowest BCUT2D eigenvalue weighted by Crippen LogP contribution is -2.25. The summed E-state index contributed by atoms with van der Waals surface area (Å²) in [5.74, 6) is -1.81. The van der Waals surface area contributed by atoms with Crippen molar-refractivity contribution in [1.29, 1.82) is 0 Å². The summed E-state index contributed by atoms with van der Waals surface area (Å²) in [6, 6.07) is 12.0. The molecule has 4 N–H and O–H groups in total. The van der Waals surface area contributed by atoms with Crippen molar-refractivity contribution in [2.75, 3.05) is 0 Å². The van der Waals surface area contributed by atoms with Crippen molar-refractivity contribution >= 4 is 5.91 Å². The molecule has 6 nitrogen and oxygen atoms in total. The number of para-hydroxylation sites is 1. The topological polar surface area (TPSA) is 99.0 Å². The predicted octanol–water partition coefficient (Wildman–Crippen LogP) is 2.07. The maximum atomic E-state index is 13.5. The summed E-state index contributed by atoms with van der Waals surface area (Å²) in [6.45, 7) is 0. The Morgan fingerprint density at radius 1 is 1.21 bits per heavy atom. The van der Waals surface area contributed by atoms with Crippen LogP contribution in [-0.2, 0) is 4.79 Å². The van der Waals surface area contributed by atoms with Crippen molar-refractivity contribution in [3.8, 4) is 11.5 Å². The molecular formula is C17H16FNO5. The molecule has 0 saturated heterocycles. The van der Waals surface area contributed by atoms with E-state index in [1.165, 1.54) is 17.6 Å². The zero-order valence-electron chi connectivity index (χ0n) is 12.5.